The monoisotopic (exact) mass is 281 g/mol. The van der Waals surface area contributed by atoms with Crippen molar-refractivity contribution >= 4 is 23.3 Å². The minimum atomic E-state index is -0.526. The molecule has 20 heavy (non-hydrogen) atoms. The van der Waals surface area contributed by atoms with Gasteiger partial charge in [0.2, 0.25) is 5.91 Å². The van der Waals surface area contributed by atoms with Crippen molar-refractivity contribution in [3.05, 3.63) is 11.9 Å². The molecule has 110 valence electrons. The molecule has 6 N–H and O–H groups in total. The number of rotatable bonds is 4. The number of hydrogen-bond donors (Lipinski definition) is 4. The van der Waals surface area contributed by atoms with E-state index in [0.29, 0.717) is 11.4 Å². The lowest BCUT2D eigenvalue weighted by molar-refractivity contribution is -0.117. The minimum Gasteiger partial charge on any atom is -0.369 e. The molecule has 0 radical (unpaired) electrons. The van der Waals surface area contributed by atoms with Gasteiger partial charge in [-0.1, -0.05) is 0 Å². The van der Waals surface area contributed by atoms with Gasteiger partial charge >= 0.3 is 0 Å². The normalized spacial score (nSPS) is 12.9. The summed E-state index contributed by atoms with van der Waals surface area (Å²) in [6.45, 7) is 1.66. The van der Waals surface area contributed by atoms with Gasteiger partial charge in [-0.15, -0.1) is 0 Å². The lowest BCUT2D eigenvalue weighted by Gasteiger charge is -2.16. The van der Waals surface area contributed by atoms with Crippen LogP contribution in [0, 0.1) is 0 Å². The van der Waals surface area contributed by atoms with Gasteiger partial charge in [-0.3, -0.25) is 14.7 Å². The number of aromatic amines is 1. The van der Waals surface area contributed by atoms with Crippen LogP contribution in [0.4, 0.5) is 5.69 Å². The van der Waals surface area contributed by atoms with Crippen molar-refractivity contribution in [1.82, 2.24) is 15.1 Å². The van der Waals surface area contributed by atoms with Gasteiger partial charge in [0, 0.05) is 14.1 Å². The van der Waals surface area contributed by atoms with Gasteiger partial charge in [-0.2, -0.15) is 5.10 Å². The zero-order valence-corrected chi connectivity index (χ0v) is 11.7. The number of aromatic nitrogens is 2. The molecule has 0 saturated carbocycles. The first-order chi connectivity index (χ1) is 9.31. The van der Waals surface area contributed by atoms with Gasteiger partial charge in [0.25, 0.3) is 5.91 Å². The number of nitrogens with two attached hydrogens (primary N) is 2. The number of H-pyrrole nitrogens is 1. The molecule has 0 aliphatic carbocycles. The molecule has 0 aliphatic rings. The average Bonchev–Trinajstić information content (AvgIpc) is 2.71. The SMILES string of the molecule is CC(N)/N=C(/C(=O)Nc1cn[nH]c1CC(N)=O)N(C)C. The highest BCUT2D eigenvalue weighted by molar-refractivity contribution is 6.42. The van der Waals surface area contributed by atoms with Crippen LogP contribution >= 0.6 is 0 Å². The van der Waals surface area contributed by atoms with Gasteiger partial charge in [0.1, 0.15) is 0 Å². The Bertz CT molecular complexity index is 519. The van der Waals surface area contributed by atoms with E-state index >= 15 is 0 Å². The first kappa shape index (κ1) is 15.6. The number of nitrogens with zero attached hydrogens (tertiary/aromatic N) is 3. The van der Waals surface area contributed by atoms with E-state index < -0.39 is 18.0 Å². The standard InChI is InChI=1S/C11H19N7O2/c1-6(12)15-10(18(2)3)11(20)16-8-5-14-17-7(8)4-9(13)19/h5-6H,4,12H2,1-3H3,(H2,13,19)(H,14,17)(H,16,20)/b15-10-. The number of amides is 2. The summed E-state index contributed by atoms with van der Waals surface area (Å²) in [5, 5.41) is 8.99. The van der Waals surface area contributed by atoms with E-state index in [2.05, 4.69) is 20.5 Å². The Labute approximate surface area is 116 Å². The van der Waals surface area contributed by atoms with Crippen LogP contribution in [0.25, 0.3) is 0 Å². The molecule has 1 rings (SSSR count). The van der Waals surface area contributed by atoms with Crippen LogP contribution in [0.3, 0.4) is 0 Å². The maximum Gasteiger partial charge on any atom is 0.291 e. The number of nitrogens with one attached hydrogen (secondary N) is 2. The molecular weight excluding hydrogens is 262 g/mol. The Hall–Kier alpha value is -2.42. The molecule has 0 bridgehead atoms. The molecule has 1 unspecified atom stereocenters. The zero-order chi connectivity index (χ0) is 15.3. The van der Waals surface area contributed by atoms with Crippen LogP contribution in [-0.2, 0) is 16.0 Å². The summed E-state index contributed by atoms with van der Waals surface area (Å²) in [7, 11) is 3.36. The van der Waals surface area contributed by atoms with Crippen LogP contribution < -0.4 is 16.8 Å². The van der Waals surface area contributed by atoms with Crippen LogP contribution in [0.15, 0.2) is 11.2 Å². The van der Waals surface area contributed by atoms with Crippen LogP contribution in [-0.4, -0.2) is 53.0 Å². The van der Waals surface area contributed by atoms with Crippen LogP contribution in [0.1, 0.15) is 12.6 Å². The molecule has 0 aromatic carbocycles. The topological polar surface area (TPSA) is 142 Å². The lowest BCUT2D eigenvalue weighted by atomic mass is 10.2. The fraction of sp³-hybridized carbons (Fsp3) is 0.455. The third kappa shape index (κ3) is 4.35. The molecule has 0 saturated heterocycles. The van der Waals surface area contributed by atoms with E-state index in [1.807, 2.05) is 0 Å². The summed E-state index contributed by atoms with van der Waals surface area (Å²) < 4.78 is 0. The third-order valence-electron chi connectivity index (χ3n) is 2.27. The second-order valence-corrected chi connectivity index (χ2v) is 4.45. The second kappa shape index (κ2) is 6.66. The first-order valence-corrected chi connectivity index (χ1v) is 5.94. The number of carbonyl (C=O) groups excluding carboxylic acids is 2. The zero-order valence-electron chi connectivity index (χ0n) is 11.7. The fourth-order valence-electron chi connectivity index (χ4n) is 1.48. The maximum atomic E-state index is 12.1. The van der Waals surface area contributed by atoms with Gasteiger partial charge in [-0.05, 0) is 6.92 Å². The average molecular weight is 281 g/mol. The highest BCUT2D eigenvalue weighted by Crippen LogP contribution is 2.12. The molecule has 1 heterocycles. The number of likely N-dealkylation sites (N-methyl/N-ethyl adjacent to an activating group) is 1. The molecular formula is C11H19N7O2. The summed E-state index contributed by atoms with van der Waals surface area (Å²) >= 11 is 0. The highest BCUT2D eigenvalue weighted by atomic mass is 16.2. The number of carbonyl (C=O) groups is 2. The van der Waals surface area contributed by atoms with E-state index in [-0.39, 0.29) is 12.3 Å². The van der Waals surface area contributed by atoms with Gasteiger partial charge in [0.15, 0.2) is 5.84 Å². The first-order valence-electron chi connectivity index (χ1n) is 5.94. The summed E-state index contributed by atoms with van der Waals surface area (Å²) in [6, 6.07) is 0. The highest BCUT2D eigenvalue weighted by Gasteiger charge is 2.17. The van der Waals surface area contributed by atoms with Gasteiger partial charge < -0.3 is 21.7 Å². The van der Waals surface area contributed by atoms with E-state index in [4.69, 9.17) is 11.5 Å². The number of hydrogen-bond acceptors (Lipinski definition) is 5. The van der Waals surface area contributed by atoms with Crippen LogP contribution in [0.2, 0.25) is 0 Å². The van der Waals surface area contributed by atoms with E-state index in [0.717, 1.165) is 0 Å². The second-order valence-electron chi connectivity index (χ2n) is 4.45. The van der Waals surface area contributed by atoms with Crippen molar-refractivity contribution in [1.29, 1.82) is 0 Å². The molecule has 0 aliphatic heterocycles. The van der Waals surface area contributed by atoms with Crippen LogP contribution in [0.5, 0.6) is 0 Å². The third-order valence-corrected chi connectivity index (χ3v) is 2.27. The number of amidine groups is 1. The Morgan fingerprint density at radius 1 is 1.55 bits per heavy atom. The number of primary amides is 1. The predicted octanol–water partition coefficient (Wildman–Crippen LogP) is -1.36. The van der Waals surface area contributed by atoms with E-state index in [1.165, 1.54) is 6.20 Å². The summed E-state index contributed by atoms with van der Waals surface area (Å²) in [5.41, 5.74) is 11.5. The summed E-state index contributed by atoms with van der Waals surface area (Å²) in [5.74, 6) is -0.799. The molecule has 9 nitrogen and oxygen atoms in total. The molecule has 1 aromatic heterocycles. The molecule has 2 amide bonds. The van der Waals surface area contributed by atoms with Crippen molar-refractivity contribution in [2.75, 3.05) is 19.4 Å². The summed E-state index contributed by atoms with van der Waals surface area (Å²) in [4.78, 5) is 28.6. The maximum absolute atomic E-state index is 12.1. The Balaban J connectivity index is 2.89. The predicted molar refractivity (Wildman–Crippen MR) is 74.9 cm³/mol. The molecule has 9 heteroatoms. The van der Waals surface area contributed by atoms with Crippen molar-refractivity contribution in [2.24, 2.45) is 16.5 Å². The van der Waals surface area contributed by atoms with Crippen molar-refractivity contribution < 1.29 is 9.59 Å². The molecule has 1 aromatic rings. The van der Waals surface area contributed by atoms with Crippen molar-refractivity contribution in [3.63, 3.8) is 0 Å². The van der Waals surface area contributed by atoms with Gasteiger partial charge in [0.05, 0.1) is 30.2 Å². The Kier molecular flexibility index (Phi) is 5.21. The Morgan fingerprint density at radius 3 is 2.70 bits per heavy atom. The quantitative estimate of drug-likeness (QED) is 0.398. The number of anilines is 1. The van der Waals surface area contributed by atoms with E-state index in [9.17, 15) is 9.59 Å². The summed E-state index contributed by atoms with van der Waals surface area (Å²) in [6.07, 6.45) is 0.847. The fourth-order valence-corrected chi connectivity index (χ4v) is 1.48. The van der Waals surface area contributed by atoms with Crippen molar-refractivity contribution in [2.45, 2.75) is 19.5 Å². The largest absolute Gasteiger partial charge is 0.369 e. The molecule has 0 fully saturated rings. The molecule has 1 atom stereocenters. The molecule has 0 spiro atoms. The smallest absolute Gasteiger partial charge is 0.291 e. The lowest BCUT2D eigenvalue weighted by Crippen LogP contribution is -2.37. The number of aliphatic imine (C=N–C) groups is 1. The van der Waals surface area contributed by atoms with E-state index in [1.54, 1.807) is 25.9 Å². The van der Waals surface area contributed by atoms with Crippen molar-refractivity contribution in [3.8, 4) is 0 Å². The van der Waals surface area contributed by atoms with Gasteiger partial charge in [-0.25, -0.2) is 4.99 Å². The minimum absolute atomic E-state index is 0.0443. The Morgan fingerprint density at radius 2 is 2.20 bits per heavy atom.